The number of benzene rings is 1. The zero-order chi connectivity index (χ0) is 24.5. The number of Topliss-reactive ketones (excluding diaryl/α,β-unsaturated/α-hetero) is 2. The average Bonchev–Trinajstić information content (AvgIpc) is 3.19. The minimum Gasteiger partial charge on any atom is -0.511 e. The molecule has 0 spiro atoms. The van der Waals surface area contributed by atoms with Gasteiger partial charge in [-0.1, -0.05) is 56.3 Å². The number of carbonyl (C=O) groups excluding carboxylic acids is 2. The van der Waals surface area contributed by atoms with E-state index in [1.54, 1.807) is 0 Å². The number of nitrogens with zero attached hydrogens (tertiary/aromatic N) is 2. The van der Waals surface area contributed by atoms with E-state index in [0.717, 1.165) is 12.0 Å². The van der Waals surface area contributed by atoms with Crippen molar-refractivity contribution in [3.05, 3.63) is 64.2 Å². The van der Waals surface area contributed by atoms with E-state index in [0.29, 0.717) is 60.4 Å². The van der Waals surface area contributed by atoms with Crippen molar-refractivity contribution in [2.45, 2.75) is 84.6 Å². The summed E-state index contributed by atoms with van der Waals surface area (Å²) in [6.45, 7) is 8.17. The lowest BCUT2D eigenvalue weighted by atomic mass is 9.76. The number of ketones is 2. The Labute approximate surface area is 201 Å². The minimum atomic E-state index is -0.143. The molecule has 1 fully saturated rings. The fourth-order valence-corrected chi connectivity index (χ4v) is 5.01. The Morgan fingerprint density at radius 2 is 1.91 bits per heavy atom. The van der Waals surface area contributed by atoms with E-state index < -0.39 is 0 Å². The smallest absolute Gasteiger partial charge is 0.168 e. The molecule has 1 N–H and O–H groups in total. The summed E-state index contributed by atoms with van der Waals surface area (Å²) in [6.07, 6.45) is 3.48. The molecule has 180 valence electrons. The van der Waals surface area contributed by atoms with Crippen LogP contribution in [0.3, 0.4) is 0 Å². The number of carbonyl (C=O) groups is 2. The molecule has 0 radical (unpaired) electrons. The van der Waals surface area contributed by atoms with Gasteiger partial charge in [0, 0.05) is 43.9 Å². The molecular weight excluding hydrogens is 428 g/mol. The average molecular weight is 463 g/mol. The summed E-state index contributed by atoms with van der Waals surface area (Å²) in [5.74, 6) is 0.658. The van der Waals surface area contributed by atoms with Gasteiger partial charge >= 0.3 is 0 Å². The van der Waals surface area contributed by atoms with Gasteiger partial charge in [0.25, 0.3) is 0 Å². The van der Waals surface area contributed by atoms with Crippen LogP contribution in [-0.4, -0.2) is 33.6 Å². The predicted molar refractivity (Wildman–Crippen MR) is 132 cm³/mol. The molecule has 1 aromatic heterocycles. The summed E-state index contributed by atoms with van der Waals surface area (Å²) < 4.78 is 5.48. The van der Waals surface area contributed by atoms with E-state index in [2.05, 4.69) is 12.1 Å². The van der Waals surface area contributed by atoms with Crippen LogP contribution in [0.5, 0.6) is 0 Å². The lowest BCUT2D eigenvalue weighted by molar-refractivity contribution is -0.116. The number of rotatable bonds is 6. The van der Waals surface area contributed by atoms with Crippen molar-refractivity contribution in [3.63, 3.8) is 0 Å². The number of aliphatic hydroxyl groups excluding tert-OH is 1. The van der Waals surface area contributed by atoms with Crippen molar-refractivity contribution in [1.82, 2.24) is 5.16 Å². The number of fused-ring (bicyclic) bond motifs is 1. The lowest BCUT2D eigenvalue weighted by Gasteiger charge is -2.27. The first-order chi connectivity index (χ1) is 16.2. The maximum Gasteiger partial charge on any atom is 0.168 e. The van der Waals surface area contributed by atoms with Gasteiger partial charge in [0.15, 0.2) is 11.6 Å². The summed E-state index contributed by atoms with van der Waals surface area (Å²) in [5, 5.41) is 15.2. The molecule has 2 aliphatic rings. The zero-order valence-electron chi connectivity index (χ0n) is 20.6. The van der Waals surface area contributed by atoms with Crippen LogP contribution in [0.4, 0.5) is 0 Å². The molecule has 0 saturated heterocycles. The normalized spacial score (nSPS) is 23.6. The van der Waals surface area contributed by atoms with E-state index in [1.165, 1.54) is 0 Å². The van der Waals surface area contributed by atoms with Crippen LogP contribution in [0.25, 0.3) is 0 Å². The number of aliphatic hydroxyl groups is 1. The van der Waals surface area contributed by atoms with Gasteiger partial charge in [0.2, 0.25) is 0 Å². The molecule has 0 aliphatic heterocycles. The van der Waals surface area contributed by atoms with Crippen LogP contribution >= 0.6 is 0 Å². The van der Waals surface area contributed by atoms with Gasteiger partial charge in [-0.3, -0.25) is 14.6 Å². The molecule has 4 rings (SSSR count). The summed E-state index contributed by atoms with van der Waals surface area (Å²) in [7, 11) is 0. The molecule has 2 unspecified atom stereocenters. The van der Waals surface area contributed by atoms with E-state index in [4.69, 9.17) is 9.52 Å². The van der Waals surface area contributed by atoms with Crippen LogP contribution < -0.4 is 0 Å². The second kappa shape index (κ2) is 9.69. The Morgan fingerprint density at radius 1 is 1.18 bits per heavy atom. The van der Waals surface area contributed by atoms with Crippen LogP contribution in [0, 0.1) is 5.41 Å². The maximum absolute atomic E-state index is 13.2. The quantitative estimate of drug-likeness (QED) is 0.422. The van der Waals surface area contributed by atoms with Crippen molar-refractivity contribution < 1.29 is 19.2 Å². The van der Waals surface area contributed by atoms with E-state index >= 15 is 0 Å². The molecule has 2 aliphatic carbocycles. The SMILES string of the molecule is CCC(C)N=C1CC(c2ccccc2)CC(=O)C1=C(O)CCc1noc2c1C(=O)CC(C)(C)C2. The topological polar surface area (TPSA) is 92.8 Å². The third-order valence-corrected chi connectivity index (χ3v) is 6.95. The summed E-state index contributed by atoms with van der Waals surface area (Å²) >= 11 is 0. The molecular formula is C28H34N2O4. The van der Waals surface area contributed by atoms with Crippen molar-refractivity contribution in [2.24, 2.45) is 10.4 Å². The van der Waals surface area contributed by atoms with Crippen LogP contribution in [0.2, 0.25) is 0 Å². The summed E-state index contributed by atoms with van der Waals surface area (Å²) in [4.78, 5) is 30.8. The third-order valence-electron chi connectivity index (χ3n) is 6.95. The Bertz CT molecular complexity index is 1140. The first-order valence-electron chi connectivity index (χ1n) is 12.3. The Hall–Kier alpha value is -3.02. The van der Waals surface area contributed by atoms with Gasteiger partial charge < -0.3 is 9.63 Å². The van der Waals surface area contributed by atoms with Gasteiger partial charge in [-0.15, -0.1) is 0 Å². The van der Waals surface area contributed by atoms with Gasteiger partial charge in [-0.05, 0) is 36.7 Å². The third kappa shape index (κ3) is 5.06. The predicted octanol–water partition coefficient (Wildman–Crippen LogP) is 5.96. The summed E-state index contributed by atoms with van der Waals surface area (Å²) in [5.41, 5.74) is 3.12. The van der Waals surface area contributed by atoms with Crippen molar-refractivity contribution >= 4 is 17.3 Å². The van der Waals surface area contributed by atoms with Gasteiger partial charge in [-0.2, -0.15) is 0 Å². The highest BCUT2D eigenvalue weighted by molar-refractivity contribution is 6.24. The Kier molecular flexibility index (Phi) is 6.87. The monoisotopic (exact) mass is 462 g/mol. The van der Waals surface area contributed by atoms with Crippen LogP contribution in [0.15, 0.2) is 51.2 Å². The second-order valence-electron chi connectivity index (χ2n) is 10.5. The number of aryl methyl sites for hydroxylation is 1. The highest BCUT2D eigenvalue weighted by atomic mass is 16.5. The number of hydrogen-bond donors (Lipinski definition) is 1. The van der Waals surface area contributed by atoms with E-state index in [1.807, 2.05) is 51.1 Å². The molecule has 0 amide bonds. The molecule has 1 aromatic carbocycles. The molecule has 2 atom stereocenters. The zero-order valence-corrected chi connectivity index (χ0v) is 20.6. The molecule has 6 nitrogen and oxygen atoms in total. The number of hydrogen-bond acceptors (Lipinski definition) is 6. The van der Waals surface area contributed by atoms with Gasteiger partial charge in [-0.25, -0.2) is 0 Å². The Balaban J connectivity index is 1.59. The molecule has 34 heavy (non-hydrogen) atoms. The highest BCUT2D eigenvalue weighted by Gasteiger charge is 2.37. The highest BCUT2D eigenvalue weighted by Crippen LogP contribution is 2.37. The fourth-order valence-electron chi connectivity index (χ4n) is 5.01. The number of aliphatic imine (C=N–C) groups is 1. The fraction of sp³-hybridized carbons (Fsp3) is 0.500. The molecule has 6 heteroatoms. The second-order valence-corrected chi connectivity index (χ2v) is 10.5. The first-order valence-corrected chi connectivity index (χ1v) is 12.3. The number of aromatic nitrogens is 1. The van der Waals surface area contributed by atoms with Crippen LogP contribution in [0.1, 0.15) is 93.1 Å². The lowest BCUT2D eigenvalue weighted by Crippen LogP contribution is -2.28. The van der Waals surface area contributed by atoms with Crippen molar-refractivity contribution in [1.29, 1.82) is 0 Å². The molecule has 0 bridgehead atoms. The number of allylic oxidation sites excluding steroid dienone is 2. The standard InChI is InChI=1S/C28H34N2O4/c1-5-17(2)29-21-13-19(18-9-7-6-8-10-18)14-23(32)26(21)22(31)12-11-20-27-24(33)15-28(3,4)16-25(27)34-30-20/h6-10,17,19,31H,5,11-16H2,1-4H3. The van der Waals surface area contributed by atoms with Gasteiger partial charge in [0.1, 0.15) is 11.5 Å². The van der Waals surface area contributed by atoms with E-state index in [9.17, 15) is 14.7 Å². The molecule has 2 aromatic rings. The van der Waals surface area contributed by atoms with Crippen LogP contribution in [-0.2, 0) is 17.6 Å². The maximum atomic E-state index is 13.2. The largest absolute Gasteiger partial charge is 0.511 e. The minimum absolute atomic E-state index is 0.0268. The Morgan fingerprint density at radius 3 is 2.62 bits per heavy atom. The molecule has 1 saturated carbocycles. The van der Waals surface area contributed by atoms with Gasteiger partial charge in [0.05, 0.1) is 16.8 Å². The van der Waals surface area contributed by atoms with Crippen molar-refractivity contribution in [2.75, 3.05) is 0 Å². The van der Waals surface area contributed by atoms with E-state index in [-0.39, 0.29) is 41.1 Å². The van der Waals surface area contributed by atoms with Crippen molar-refractivity contribution in [3.8, 4) is 0 Å². The first kappa shape index (κ1) is 24.1. The summed E-state index contributed by atoms with van der Waals surface area (Å²) in [6, 6.07) is 10.1. The molecule has 1 heterocycles.